The lowest BCUT2D eigenvalue weighted by molar-refractivity contribution is 0.298. The second kappa shape index (κ2) is 4.60. The Hall–Kier alpha value is -0.380. The van der Waals surface area contributed by atoms with Crippen molar-refractivity contribution in [3.63, 3.8) is 0 Å². The van der Waals surface area contributed by atoms with E-state index in [2.05, 4.69) is 41.8 Å². The second-order valence-corrected chi connectivity index (χ2v) is 4.03. The number of rotatable bonds is 4. The Balaban J connectivity index is 2.66. The van der Waals surface area contributed by atoms with Crippen LogP contribution >= 0.6 is 11.3 Å². The highest BCUT2D eigenvalue weighted by Gasteiger charge is 2.12. The lowest BCUT2D eigenvalue weighted by Crippen LogP contribution is -2.28. The van der Waals surface area contributed by atoms with Crippen LogP contribution in [0.3, 0.4) is 0 Å². The monoisotopic (exact) mass is 184 g/mol. The highest BCUT2D eigenvalue weighted by molar-refractivity contribution is 7.10. The second-order valence-electron chi connectivity index (χ2n) is 3.05. The molecule has 1 N–H and O–H groups in total. The van der Waals surface area contributed by atoms with Crippen LogP contribution in [-0.2, 0) is 0 Å². The minimum Gasteiger partial charge on any atom is -0.318 e. The Morgan fingerprint density at radius 3 is 2.75 bits per heavy atom. The molecule has 0 aliphatic heterocycles. The Bertz CT molecular complexity index is 206. The first kappa shape index (κ1) is 9.71. The van der Waals surface area contributed by atoms with Crippen molar-refractivity contribution < 1.29 is 0 Å². The maximum Gasteiger partial charge on any atom is 0.0561 e. The first-order valence-corrected chi connectivity index (χ1v) is 4.98. The smallest absolute Gasteiger partial charge is 0.0561 e. The number of nitrogens with one attached hydrogen (secondary N) is 1. The summed E-state index contributed by atoms with van der Waals surface area (Å²) in [5.41, 5.74) is 0. The molecule has 1 unspecified atom stereocenters. The Kier molecular flexibility index (Phi) is 3.72. The fraction of sp³-hybridized carbons (Fsp3) is 0.556. The van der Waals surface area contributed by atoms with E-state index in [0.717, 1.165) is 6.54 Å². The molecule has 68 valence electrons. The van der Waals surface area contributed by atoms with Crippen molar-refractivity contribution in [3.05, 3.63) is 22.4 Å². The average molecular weight is 184 g/mol. The van der Waals surface area contributed by atoms with Crippen LogP contribution in [0, 0.1) is 0 Å². The van der Waals surface area contributed by atoms with E-state index in [-0.39, 0.29) is 0 Å². The first-order valence-electron chi connectivity index (χ1n) is 4.10. The number of hydrogen-bond donors (Lipinski definition) is 1. The number of thiophene rings is 1. The molecular formula is C9H16N2S. The molecule has 0 aliphatic carbocycles. The van der Waals surface area contributed by atoms with Gasteiger partial charge >= 0.3 is 0 Å². The molecule has 0 saturated carbocycles. The van der Waals surface area contributed by atoms with Gasteiger partial charge in [0.1, 0.15) is 0 Å². The zero-order valence-electron chi connectivity index (χ0n) is 7.87. The molecule has 0 saturated heterocycles. The molecule has 0 radical (unpaired) electrons. The van der Waals surface area contributed by atoms with Gasteiger partial charge < -0.3 is 10.2 Å². The van der Waals surface area contributed by atoms with Gasteiger partial charge in [-0.25, -0.2) is 0 Å². The maximum atomic E-state index is 3.20. The molecule has 12 heavy (non-hydrogen) atoms. The molecule has 0 aliphatic rings. The van der Waals surface area contributed by atoms with E-state index in [1.165, 1.54) is 4.88 Å². The third kappa shape index (κ3) is 2.30. The van der Waals surface area contributed by atoms with Gasteiger partial charge in [-0.05, 0) is 32.6 Å². The van der Waals surface area contributed by atoms with Gasteiger partial charge in [-0.15, -0.1) is 11.3 Å². The summed E-state index contributed by atoms with van der Waals surface area (Å²) in [5.74, 6) is 0. The van der Waals surface area contributed by atoms with Crippen LogP contribution in [0.5, 0.6) is 0 Å². The summed E-state index contributed by atoms with van der Waals surface area (Å²) in [6.07, 6.45) is 0. The SMILES string of the molecule is CNCC(c1cccs1)N(C)C. The number of likely N-dealkylation sites (N-methyl/N-ethyl adjacent to an activating group) is 2. The van der Waals surface area contributed by atoms with E-state index in [4.69, 9.17) is 0 Å². The average Bonchev–Trinajstić information content (AvgIpc) is 2.51. The van der Waals surface area contributed by atoms with E-state index >= 15 is 0 Å². The summed E-state index contributed by atoms with van der Waals surface area (Å²) >= 11 is 1.82. The fourth-order valence-corrected chi connectivity index (χ4v) is 2.13. The van der Waals surface area contributed by atoms with E-state index in [9.17, 15) is 0 Å². The van der Waals surface area contributed by atoms with Gasteiger partial charge in [0.15, 0.2) is 0 Å². The third-order valence-electron chi connectivity index (χ3n) is 1.89. The lowest BCUT2D eigenvalue weighted by Gasteiger charge is -2.22. The van der Waals surface area contributed by atoms with E-state index in [1.54, 1.807) is 0 Å². The molecule has 0 spiro atoms. The number of nitrogens with zero attached hydrogens (tertiary/aromatic N) is 1. The van der Waals surface area contributed by atoms with Crippen LogP contribution in [0.1, 0.15) is 10.9 Å². The summed E-state index contributed by atoms with van der Waals surface area (Å²) < 4.78 is 0. The molecule has 3 heteroatoms. The summed E-state index contributed by atoms with van der Waals surface area (Å²) in [6, 6.07) is 4.80. The molecular weight excluding hydrogens is 168 g/mol. The summed E-state index contributed by atoms with van der Waals surface area (Å²) in [5, 5.41) is 5.33. The van der Waals surface area contributed by atoms with E-state index in [0.29, 0.717) is 6.04 Å². The van der Waals surface area contributed by atoms with Crippen molar-refractivity contribution in [2.45, 2.75) is 6.04 Å². The molecule has 2 nitrogen and oxygen atoms in total. The normalized spacial score (nSPS) is 13.7. The van der Waals surface area contributed by atoms with E-state index in [1.807, 2.05) is 18.4 Å². The molecule has 1 aromatic rings. The van der Waals surface area contributed by atoms with Crippen LogP contribution in [0.2, 0.25) is 0 Å². The molecule has 0 fully saturated rings. The quantitative estimate of drug-likeness (QED) is 0.764. The van der Waals surface area contributed by atoms with Crippen molar-refractivity contribution in [3.8, 4) is 0 Å². The van der Waals surface area contributed by atoms with Gasteiger partial charge in [0.2, 0.25) is 0 Å². The fourth-order valence-electron chi connectivity index (χ4n) is 1.21. The maximum absolute atomic E-state index is 3.20. The molecule has 1 rings (SSSR count). The van der Waals surface area contributed by atoms with Crippen molar-refractivity contribution >= 4 is 11.3 Å². The minimum absolute atomic E-state index is 0.509. The predicted octanol–water partition coefficient (Wildman–Crippen LogP) is 1.57. The molecule has 0 amide bonds. The molecule has 1 aromatic heterocycles. The van der Waals surface area contributed by atoms with Gasteiger partial charge in [0.05, 0.1) is 6.04 Å². The summed E-state index contributed by atoms with van der Waals surface area (Å²) in [7, 11) is 6.22. The van der Waals surface area contributed by atoms with Crippen molar-refractivity contribution in [2.75, 3.05) is 27.7 Å². The Morgan fingerprint density at radius 1 is 1.58 bits per heavy atom. The summed E-state index contributed by atoms with van der Waals surface area (Å²) in [4.78, 5) is 3.66. The Morgan fingerprint density at radius 2 is 2.33 bits per heavy atom. The largest absolute Gasteiger partial charge is 0.318 e. The predicted molar refractivity (Wildman–Crippen MR) is 54.7 cm³/mol. The van der Waals surface area contributed by atoms with Crippen molar-refractivity contribution in [2.24, 2.45) is 0 Å². The van der Waals surface area contributed by atoms with Gasteiger partial charge in [-0.1, -0.05) is 6.07 Å². The Labute approximate surface area is 78.2 Å². The number of hydrogen-bond acceptors (Lipinski definition) is 3. The topological polar surface area (TPSA) is 15.3 Å². The minimum atomic E-state index is 0.509. The standard InChI is InChI=1S/C9H16N2S/c1-10-7-8(11(2)3)9-5-4-6-12-9/h4-6,8,10H,7H2,1-3H3. The van der Waals surface area contributed by atoms with Crippen molar-refractivity contribution in [1.82, 2.24) is 10.2 Å². The van der Waals surface area contributed by atoms with Crippen LogP contribution in [0.25, 0.3) is 0 Å². The van der Waals surface area contributed by atoms with Crippen LogP contribution in [-0.4, -0.2) is 32.6 Å². The molecule has 1 atom stereocenters. The van der Waals surface area contributed by atoms with Crippen LogP contribution in [0.4, 0.5) is 0 Å². The third-order valence-corrected chi connectivity index (χ3v) is 2.87. The summed E-state index contributed by atoms with van der Waals surface area (Å²) in [6.45, 7) is 1.01. The zero-order chi connectivity index (χ0) is 8.97. The first-order chi connectivity index (χ1) is 5.75. The zero-order valence-corrected chi connectivity index (χ0v) is 8.69. The molecule has 1 heterocycles. The van der Waals surface area contributed by atoms with Crippen molar-refractivity contribution in [1.29, 1.82) is 0 Å². The molecule has 0 bridgehead atoms. The van der Waals surface area contributed by atoms with Gasteiger partial charge in [-0.2, -0.15) is 0 Å². The highest BCUT2D eigenvalue weighted by atomic mass is 32.1. The van der Waals surface area contributed by atoms with Crippen LogP contribution < -0.4 is 5.32 Å². The van der Waals surface area contributed by atoms with E-state index < -0.39 is 0 Å². The lowest BCUT2D eigenvalue weighted by atomic mass is 10.2. The molecule has 0 aromatic carbocycles. The highest BCUT2D eigenvalue weighted by Crippen LogP contribution is 2.21. The van der Waals surface area contributed by atoms with Gasteiger partial charge in [0, 0.05) is 11.4 Å². The van der Waals surface area contributed by atoms with Crippen LogP contribution in [0.15, 0.2) is 17.5 Å². The van der Waals surface area contributed by atoms with Gasteiger partial charge in [0.25, 0.3) is 0 Å². The van der Waals surface area contributed by atoms with Gasteiger partial charge in [-0.3, -0.25) is 0 Å².